The van der Waals surface area contributed by atoms with Gasteiger partial charge >= 0.3 is 0 Å². The number of nitrogens with one attached hydrogen (secondary N) is 1. The van der Waals surface area contributed by atoms with E-state index in [1.54, 1.807) is 0 Å². The van der Waals surface area contributed by atoms with Gasteiger partial charge in [0.05, 0.1) is 0 Å². The van der Waals surface area contributed by atoms with Crippen LogP contribution in [0.25, 0.3) is 0 Å². The molecule has 1 saturated heterocycles. The van der Waals surface area contributed by atoms with Gasteiger partial charge in [-0.15, -0.1) is 0 Å². The summed E-state index contributed by atoms with van der Waals surface area (Å²) in [6, 6.07) is 0.713. The topological polar surface area (TPSA) is 15.3 Å². The Kier molecular flexibility index (Phi) is 3.13. The molecule has 0 radical (unpaired) electrons. The molecule has 1 atom stereocenters. The molecule has 2 nitrogen and oxygen atoms in total. The predicted molar refractivity (Wildman–Crippen MR) is 53.4 cm³/mol. The van der Waals surface area contributed by atoms with Gasteiger partial charge in [0, 0.05) is 18.1 Å². The molecule has 2 heteroatoms. The van der Waals surface area contributed by atoms with Crippen molar-refractivity contribution in [1.82, 2.24) is 10.2 Å². The van der Waals surface area contributed by atoms with Crippen LogP contribution in [-0.2, 0) is 0 Å². The van der Waals surface area contributed by atoms with Crippen LogP contribution in [0.1, 0.15) is 33.6 Å². The number of hydrogen-bond donors (Lipinski definition) is 1. The summed E-state index contributed by atoms with van der Waals surface area (Å²) >= 11 is 0. The lowest BCUT2D eigenvalue weighted by Crippen LogP contribution is -2.46. The maximum atomic E-state index is 3.69. The van der Waals surface area contributed by atoms with E-state index in [1.165, 1.54) is 25.9 Å². The molecule has 1 unspecified atom stereocenters. The molecule has 1 rings (SSSR count). The fourth-order valence-electron chi connectivity index (χ4n) is 1.71. The maximum absolute atomic E-state index is 3.69. The van der Waals surface area contributed by atoms with Crippen LogP contribution < -0.4 is 5.32 Å². The molecular formula is C10H22N2. The van der Waals surface area contributed by atoms with Crippen molar-refractivity contribution in [2.45, 2.75) is 45.2 Å². The highest BCUT2D eigenvalue weighted by Crippen LogP contribution is 2.13. The monoisotopic (exact) mass is 170 g/mol. The van der Waals surface area contributed by atoms with Crippen LogP contribution >= 0.6 is 0 Å². The molecular weight excluding hydrogens is 148 g/mol. The molecule has 1 fully saturated rings. The van der Waals surface area contributed by atoms with Crippen LogP contribution in [0.5, 0.6) is 0 Å². The van der Waals surface area contributed by atoms with E-state index in [9.17, 15) is 0 Å². The first-order valence-corrected chi connectivity index (χ1v) is 5.00. The maximum Gasteiger partial charge on any atom is 0.0212 e. The van der Waals surface area contributed by atoms with Crippen molar-refractivity contribution < 1.29 is 0 Å². The molecule has 12 heavy (non-hydrogen) atoms. The highest BCUT2D eigenvalue weighted by molar-refractivity contribution is 4.86. The number of likely N-dealkylation sites (tertiary alicyclic amines) is 1. The summed E-state index contributed by atoms with van der Waals surface area (Å²) in [6.07, 6.45) is 2.51. The molecule has 1 aliphatic rings. The summed E-state index contributed by atoms with van der Waals surface area (Å²) in [6.45, 7) is 9.27. The van der Waals surface area contributed by atoms with Gasteiger partial charge in [0.25, 0.3) is 0 Å². The van der Waals surface area contributed by atoms with Crippen molar-refractivity contribution in [1.29, 1.82) is 0 Å². The Labute approximate surface area is 76.3 Å². The minimum absolute atomic E-state index is 0.315. The van der Waals surface area contributed by atoms with E-state index in [1.807, 2.05) is 0 Å². The molecule has 0 amide bonds. The van der Waals surface area contributed by atoms with E-state index >= 15 is 0 Å². The van der Waals surface area contributed by atoms with Gasteiger partial charge in [-0.2, -0.15) is 0 Å². The van der Waals surface area contributed by atoms with Crippen LogP contribution in [0.3, 0.4) is 0 Å². The van der Waals surface area contributed by atoms with Gasteiger partial charge in [-0.05, 0) is 40.3 Å². The summed E-state index contributed by atoms with van der Waals surface area (Å²) < 4.78 is 0. The Bertz CT molecular complexity index is 143. The lowest BCUT2D eigenvalue weighted by atomic mass is 10.0. The average molecular weight is 170 g/mol. The van der Waals surface area contributed by atoms with Gasteiger partial charge in [0.1, 0.15) is 0 Å². The molecule has 1 aliphatic heterocycles. The van der Waals surface area contributed by atoms with Crippen molar-refractivity contribution in [3.8, 4) is 0 Å². The van der Waals surface area contributed by atoms with Crippen LogP contribution in [0.15, 0.2) is 0 Å². The lowest BCUT2D eigenvalue weighted by molar-refractivity contribution is 0.315. The Hall–Kier alpha value is -0.0800. The highest BCUT2D eigenvalue weighted by Gasteiger charge is 2.24. The number of nitrogens with zero attached hydrogens (tertiary/aromatic N) is 1. The SMILES string of the molecule is CCC(C)(C)NC1CCN(C)C1. The molecule has 72 valence electrons. The zero-order valence-electron chi connectivity index (χ0n) is 8.85. The summed E-state index contributed by atoms with van der Waals surface area (Å²) in [4.78, 5) is 2.39. The van der Waals surface area contributed by atoms with Crippen molar-refractivity contribution in [3.05, 3.63) is 0 Å². The van der Waals surface area contributed by atoms with E-state index < -0.39 is 0 Å². The summed E-state index contributed by atoms with van der Waals surface area (Å²) in [7, 11) is 2.20. The van der Waals surface area contributed by atoms with Gasteiger partial charge in [-0.3, -0.25) is 0 Å². The Balaban J connectivity index is 2.32. The summed E-state index contributed by atoms with van der Waals surface area (Å²) in [5.74, 6) is 0. The first-order chi connectivity index (χ1) is 5.53. The van der Waals surface area contributed by atoms with Gasteiger partial charge in [0.15, 0.2) is 0 Å². The number of likely N-dealkylation sites (N-methyl/N-ethyl adjacent to an activating group) is 1. The average Bonchev–Trinajstić information content (AvgIpc) is 2.35. The minimum Gasteiger partial charge on any atom is -0.308 e. The van der Waals surface area contributed by atoms with Crippen molar-refractivity contribution in [2.24, 2.45) is 0 Å². The zero-order valence-corrected chi connectivity index (χ0v) is 8.85. The Morgan fingerprint density at radius 2 is 2.17 bits per heavy atom. The zero-order chi connectivity index (χ0) is 9.19. The van der Waals surface area contributed by atoms with Crippen LogP contribution in [0.4, 0.5) is 0 Å². The first-order valence-electron chi connectivity index (χ1n) is 5.00. The Morgan fingerprint density at radius 1 is 1.50 bits per heavy atom. The second kappa shape index (κ2) is 3.75. The van der Waals surface area contributed by atoms with E-state index in [2.05, 4.69) is 38.0 Å². The van der Waals surface area contributed by atoms with Crippen LogP contribution in [0.2, 0.25) is 0 Å². The van der Waals surface area contributed by atoms with Crippen molar-refractivity contribution in [3.63, 3.8) is 0 Å². The van der Waals surface area contributed by atoms with Crippen molar-refractivity contribution in [2.75, 3.05) is 20.1 Å². The summed E-state index contributed by atoms with van der Waals surface area (Å²) in [5, 5.41) is 3.69. The molecule has 0 aromatic carbocycles. The molecule has 0 aromatic heterocycles. The first kappa shape index (κ1) is 10.0. The molecule has 0 aromatic rings. The largest absolute Gasteiger partial charge is 0.308 e. The van der Waals surface area contributed by atoms with Gasteiger partial charge in [-0.1, -0.05) is 6.92 Å². The molecule has 1 N–H and O–H groups in total. The normalized spacial score (nSPS) is 26.5. The minimum atomic E-state index is 0.315. The van der Waals surface area contributed by atoms with E-state index in [0.717, 1.165) is 0 Å². The lowest BCUT2D eigenvalue weighted by Gasteiger charge is -2.28. The fourth-order valence-corrected chi connectivity index (χ4v) is 1.71. The van der Waals surface area contributed by atoms with Gasteiger partial charge in [-0.25, -0.2) is 0 Å². The second-order valence-corrected chi connectivity index (χ2v) is 4.63. The quantitative estimate of drug-likeness (QED) is 0.690. The van der Waals surface area contributed by atoms with Crippen LogP contribution in [-0.4, -0.2) is 36.6 Å². The standard InChI is InChI=1S/C10H22N2/c1-5-10(2,3)11-9-6-7-12(4)8-9/h9,11H,5-8H2,1-4H3. The molecule has 1 heterocycles. The third kappa shape index (κ3) is 2.76. The summed E-state index contributed by atoms with van der Waals surface area (Å²) in [5.41, 5.74) is 0.315. The second-order valence-electron chi connectivity index (χ2n) is 4.63. The molecule has 0 aliphatic carbocycles. The Morgan fingerprint density at radius 3 is 2.58 bits per heavy atom. The number of rotatable bonds is 3. The van der Waals surface area contributed by atoms with E-state index in [4.69, 9.17) is 0 Å². The molecule has 0 saturated carbocycles. The van der Waals surface area contributed by atoms with Crippen LogP contribution in [0, 0.1) is 0 Å². The predicted octanol–water partition coefficient (Wildman–Crippen LogP) is 1.47. The van der Waals surface area contributed by atoms with Gasteiger partial charge < -0.3 is 10.2 Å². The molecule has 0 spiro atoms. The smallest absolute Gasteiger partial charge is 0.0212 e. The third-order valence-electron chi connectivity index (χ3n) is 2.87. The third-order valence-corrected chi connectivity index (χ3v) is 2.87. The fraction of sp³-hybridized carbons (Fsp3) is 1.00. The van der Waals surface area contributed by atoms with E-state index in [0.29, 0.717) is 11.6 Å². The molecule has 0 bridgehead atoms. The highest BCUT2D eigenvalue weighted by atomic mass is 15.2. The van der Waals surface area contributed by atoms with Crippen molar-refractivity contribution >= 4 is 0 Å². The van der Waals surface area contributed by atoms with Gasteiger partial charge in [0.2, 0.25) is 0 Å². The van der Waals surface area contributed by atoms with E-state index in [-0.39, 0.29) is 0 Å². The number of hydrogen-bond acceptors (Lipinski definition) is 2.